The van der Waals surface area contributed by atoms with Gasteiger partial charge in [-0.1, -0.05) is 49.4 Å². The summed E-state index contributed by atoms with van der Waals surface area (Å²) in [5.41, 5.74) is 1.89. The molecule has 2 aromatic rings. The Balaban J connectivity index is 2.16. The summed E-state index contributed by atoms with van der Waals surface area (Å²) in [6.45, 7) is 3.82. The highest BCUT2D eigenvalue weighted by molar-refractivity contribution is 6.01. The number of rotatable bonds is 5. The number of esters is 1. The SMILES string of the molecule is CCc1ccc([C@H](C)OC(=O)c2ccccc2C(=O)[O-])cc1. The molecule has 0 N–H and O–H groups in total. The van der Waals surface area contributed by atoms with Gasteiger partial charge in [0.15, 0.2) is 0 Å². The van der Waals surface area contributed by atoms with E-state index in [0.717, 1.165) is 12.0 Å². The van der Waals surface area contributed by atoms with Crippen molar-refractivity contribution in [3.8, 4) is 0 Å². The summed E-state index contributed by atoms with van der Waals surface area (Å²) >= 11 is 0. The summed E-state index contributed by atoms with van der Waals surface area (Å²) in [5, 5.41) is 11.0. The van der Waals surface area contributed by atoms with E-state index in [1.165, 1.54) is 23.8 Å². The molecule has 0 heterocycles. The molecular formula is C18H17O4-. The van der Waals surface area contributed by atoms with Crippen LogP contribution in [-0.2, 0) is 11.2 Å². The molecule has 4 nitrogen and oxygen atoms in total. The third-order valence-corrected chi connectivity index (χ3v) is 3.51. The molecule has 0 aliphatic heterocycles. The van der Waals surface area contributed by atoms with E-state index in [-0.39, 0.29) is 11.1 Å². The van der Waals surface area contributed by atoms with Gasteiger partial charge in [-0.25, -0.2) is 4.79 Å². The molecule has 0 fully saturated rings. The van der Waals surface area contributed by atoms with E-state index in [0.29, 0.717) is 0 Å². The Morgan fingerprint density at radius 1 is 1.05 bits per heavy atom. The Labute approximate surface area is 129 Å². The molecule has 0 aliphatic rings. The number of carbonyl (C=O) groups excluding carboxylic acids is 2. The Hall–Kier alpha value is -2.62. The number of carboxylic acids is 1. The van der Waals surface area contributed by atoms with Gasteiger partial charge in [-0.05, 0) is 30.5 Å². The van der Waals surface area contributed by atoms with Gasteiger partial charge in [-0.15, -0.1) is 0 Å². The summed E-state index contributed by atoms with van der Waals surface area (Å²) in [6.07, 6.45) is 0.473. The first-order chi connectivity index (χ1) is 10.5. The van der Waals surface area contributed by atoms with Gasteiger partial charge < -0.3 is 14.6 Å². The van der Waals surface area contributed by atoms with Gasteiger partial charge in [-0.2, -0.15) is 0 Å². The van der Waals surface area contributed by atoms with Crippen LogP contribution in [0, 0.1) is 0 Å². The van der Waals surface area contributed by atoms with E-state index in [4.69, 9.17) is 4.74 Å². The monoisotopic (exact) mass is 297 g/mol. The normalized spacial score (nSPS) is 11.7. The number of aryl methyl sites for hydroxylation is 1. The van der Waals surface area contributed by atoms with E-state index in [2.05, 4.69) is 6.92 Å². The van der Waals surface area contributed by atoms with Gasteiger partial charge >= 0.3 is 5.97 Å². The molecule has 4 heteroatoms. The molecule has 0 radical (unpaired) electrons. The van der Waals surface area contributed by atoms with E-state index < -0.39 is 18.0 Å². The maximum atomic E-state index is 12.2. The number of carboxylic acid groups (broad SMARTS) is 1. The number of hydrogen-bond acceptors (Lipinski definition) is 4. The topological polar surface area (TPSA) is 66.4 Å². The van der Waals surface area contributed by atoms with Gasteiger partial charge in [-0.3, -0.25) is 0 Å². The van der Waals surface area contributed by atoms with Crippen molar-refractivity contribution < 1.29 is 19.4 Å². The summed E-state index contributed by atoms with van der Waals surface area (Å²) in [4.78, 5) is 23.2. The number of hydrogen-bond donors (Lipinski definition) is 0. The van der Waals surface area contributed by atoms with Crippen LogP contribution >= 0.6 is 0 Å². The molecule has 114 valence electrons. The highest BCUT2D eigenvalue weighted by Gasteiger charge is 2.17. The van der Waals surface area contributed by atoms with Gasteiger partial charge in [0.1, 0.15) is 6.10 Å². The Bertz CT molecular complexity index is 674. The molecule has 0 aromatic heterocycles. The second-order valence-electron chi connectivity index (χ2n) is 4.98. The Morgan fingerprint density at radius 3 is 2.18 bits per heavy atom. The van der Waals surface area contributed by atoms with Crippen molar-refractivity contribution in [1.82, 2.24) is 0 Å². The fourth-order valence-corrected chi connectivity index (χ4v) is 2.16. The maximum Gasteiger partial charge on any atom is 0.339 e. The minimum absolute atomic E-state index is 0.000437. The quantitative estimate of drug-likeness (QED) is 0.795. The van der Waals surface area contributed by atoms with Gasteiger partial charge in [0, 0.05) is 5.56 Å². The van der Waals surface area contributed by atoms with Crippen LogP contribution in [0.3, 0.4) is 0 Å². The molecule has 0 amide bonds. The zero-order valence-corrected chi connectivity index (χ0v) is 12.5. The zero-order valence-electron chi connectivity index (χ0n) is 12.5. The lowest BCUT2D eigenvalue weighted by Gasteiger charge is -2.16. The van der Waals surface area contributed by atoms with Crippen LogP contribution in [0.5, 0.6) is 0 Å². The van der Waals surface area contributed by atoms with Crippen LogP contribution in [0.4, 0.5) is 0 Å². The molecule has 0 spiro atoms. The summed E-state index contributed by atoms with van der Waals surface area (Å²) < 4.78 is 5.36. The molecule has 0 aliphatic carbocycles. The first-order valence-corrected chi connectivity index (χ1v) is 7.13. The molecule has 0 bridgehead atoms. The third-order valence-electron chi connectivity index (χ3n) is 3.51. The first kappa shape index (κ1) is 15.8. The average Bonchev–Trinajstić information content (AvgIpc) is 2.54. The van der Waals surface area contributed by atoms with Gasteiger partial charge in [0.05, 0.1) is 11.5 Å². The molecule has 0 saturated heterocycles. The van der Waals surface area contributed by atoms with Gasteiger partial charge in [0.25, 0.3) is 0 Å². The summed E-state index contributed by atoms with van der Waals surface area (Å²) in [5.74, 6) is -2.07. The highest BCUT2D eigenvalue weighted by Crippen LogP contribution is 2.20. The van der Waals surface area contributed by atoms with Crippen molar-refractivity contribution in [3.63, 3.8) is 0 Å². The standard InChI is InChI=1S/C18H18O4/c1-3-13-8-10-14(11-9-13)12(2)22-18(21)16-7-5-4-6-15(16)17(19)20/h4-12H,3H2,1-2H3,(H,19,20)/p-1/t12-/m0/s1. The van der Waals surface area contributed by atoms with Crippen molar-refractivity contribution >= 4 is 11.9 Å². The average molecular weight is 297 g/mol. The van der Waals surface area contributed by atoms with Crippen LogP contribution in [0.1, 0.15) is 51.8 Å². The van der Waals surface area contributed by atoms with Crippen molar-refractivity contribution in [2.45, 2.75) is 26.4 Å². The molecular weight excluding hydrogens is 280 g/mol. The second kappa shape index (κ2) is 6.89. The largest absolute Gasteiger partial charge is 0.545 e. The number of ether oxygens (including phenoxy) is 1. The van der Waals surface area contributed by atoms with Crippen molar-refractivity contribution in [1.29, 1.82) is 0 Å². The van der Waals surface area contributed by atoms with E-state index >= 15 is 0 Å². The molecule has 0 unspecified atom stereocenters. The van der Waals surface area contributed by atoms with Crippen LogP contribution in [0.15, 0.2) is 48.5 Å². The Kier molecular flexibility index (Phi) is 4.94. The summed E-state index contributed by atoms with van der Waals surface area (Å²) in [7, 11) is 0. The van der Waals surface area contributed by atoms with Crippen molar-refractivity contribution in [3.05, 3.63) is 70.8 Å². The fraction of sp³-hybridized carbons (Fsp3) is 0.222. The third kappa shape index (κ3) is 3.52. The first-order valence-electron chi connectivity index (χ1n) is 7.13. The molecule has 1 atom stereocenters. The number of carbonyl (C=O) groups is 2. The number of benzene rings is 2. The maximum absolute atomic E-state index is 12.2. The highest BCUT2D eigenvalue weighted by atomic mass is 16.5. The van der Waals surface area contributed by atoms with Crippen LogP contribution in [0.2, 0.25) is 0 Å². The second-order valence-corrected chi connectivity index (χ2v) is 4.98. The predicted molar refractivity (Wildman–Crippen MR) is 80.4 cm³/mol. The van der Waals surface area contributed by atoms with Crippen LogP contribution in [-0.4, -0.2) is 11.9 Å². The van der Waals surface area contributed by atoms with Crippen LogP contribution < -0.4 is 5.11 Å². The van der Waals surface area contributed by atoms with E-state index in [1.807, 2.05) is 24.3 Å². The van der Waals surface area contributed by atoms with E-state index in [9.17, 15) is 14.7 Å². The fourth-order valence-electron chi connectivity index (χ4n) is 2.16. The minimum atomic E-state index is -1.40. The molecule has 2 rings (SSSR count). The smallest absolute Gasteiger partial charge is 0.339 e. The minimum Gasteiger partial charge on any atom is -0.545 e. The molecule has 2 aromatic carbocycles. The molecule has 0 saturated carbocycles. The number of aromatic carboxylic acids is 1. The van der Waals surface area contributed by atoms with Crippen molar-refractivity contribution in [2.75, 3.05) is 0 Å². The Morgan fingerprint density at radius 2 is 1.64 bits per heavy atom. The van der Waals surface area contributed by atoms with Gasteiger partial charge in [0.2, 0.25) is 0 Å². The lowest BCUT2D eigenvalue weighted by atomic mass is 10.1. The van der Waals surface area contributed by atoms with E-state index in [1.54, 1.807) is 13.0 Å². The predicted octanol–water partition coefficient (Wildman–Crippen LogP) is 2.53. The lowest BCUT2D eigenvalue weighted by molar-refractivity contribution is -0.255. The van der Waals surface area contributed by atoms with Crippen molar-refractivity contribution in [2.24, 2.45) is 0 Å². The zero-order chi connectivity index (χ0) is 16.1. The lowest BCUT2D eigenvalue weighted by Crippen LogP contribution is -2.25. The molecule has 22 heavy (non-hydrogen) atoms. The van der Waals surface area contributed by atoms with Crippen LogP contribution in [0.25, 0.3) is 0 Å². The summed E-state index contributed by atoms with van der Waals surface area (Å²) in [6, 6.07) is 13.6.